The standard InChI is InChI=1S/C6H6O2.C3H3ClO/c7-5-1-2-6(8)4-3-5;1-2-3(4)5/h1-4,7-8H;2H,1H2. The van der Waals surface area contributed by atoms with E-state index >= 15 is 0 Å². The number of hydrogen-bond donors (Lipinski definition) is 2. The van der Waals surface area contributed by atoms with Gasteiger partial charge in [-0.3, -0.25) is 4.79 Å². The van der Waals surface area contributed by atoms with Crippen LogP contribution in [-0.2, 0) is 4.79 Å². The molecule has 0 saturated heterocycles. The highest BCUT2D eigenvalue weighted by Crippen LogP contribution is 2.13. The van der Waals surface area contributed by atoms with Crippen molar-refractivity contribution in [2.75, 3.05) is 0 Å². The molecule has 1 aromatic rings. The summed E-state index contributed by atoms with van der Waals surface area (Å²) >= 11 is 4.71. The number of hydrogen-bond acceptors (Lipinski definition) is 3. The van der Waals surface area contributed by atoms with Gasteiger partial charge in [0.2, 0.25) is 5.24 Å². The van der Waals surface area contributed by atoms with Crippen LogP contribution < -0.4 is 0 Å². The molecule has 0 fully saturated rings. The molecular formula is C9H9ClO3. The lowest BCUT2D eigenvalue weighted by Crippen LogP contribution is -1.67. The van der Waals surface area contributed by atoms with Crippen LogP contribution in [0.1, 0.15) is 0 Å². The molecule has 70 valence electrons. The number of phenols is 2. The third-order valence-electron chi connectivity index (χ3n) is 1.01. The Hall–Kier alpha value is -1.48. The Bertz CT molecular complexity index is 258. The molecule has 1 aromatic carbocycles. The molecule has 3 nitrogen and oxygen atoms in total. The SMILES string of the molecule is C=CC(=O)Cl.Oc1ccc(O)cc1. The molecule has 4 heteroatoms. The van der Waals surface area contributed by atoms with E-state index in [1.54, 1.807) is 0 Å². The first kappa shape index (κ1) is 11.5. The fourth-order valence-electron chi connectivity index (χ4n) is 0.453. The van der Waals surface area contributed by atoms with E-state index in [1.165, 1.54) is 24.3 Å². The minimum absolute atomic E-state index is 0.169. The summed E-state index contributed by atoms with van der Waals surface area (Å²) in [4.78, 5) is 9.46. The molecule has 0 amide bonds. The van der Waals surface area contributed by atoms with Gasteiger partial charge in [0.1, 0.15) is 11.5 Å². The number of benzene rings is 1. The molecule has 0 aliphatic rings. The first-order valence-corrected chi connectivity index (χ1v) is 3.74. The van der Waals surface area contributed by atoms with Gasteiger partial charge in [0.05, 0.1) is 0 Å². The highest BCUT2D eigenvalue weighted by molar-refractivity contribution is 6.66. The summed E-state index contributed by atoms with van der Waals surface area (Å²) in [7, 11) is 0. The van der Waals surface area contributed by atoms with Gasteiger partial charge >= 0.3 is 0 Å². The normalized spacial score (nSPS) is 8.08. The predicted octanol–water partition coefficient (Wildman–Crippen LogP) is 2.04. The van der Waals surface area contributed by atoms with E-state index < -0.39 is 5.24 Å². The zero-order valence-electron chi connectivity index (χ0n) is 6.77. The van der Waals surface area contributed by atoms with E-state index in [0.29, 0.717) is 0 Å². The molecule has 0 heterocycles. The molecule has 0 aliphatic heterocycles. The molecule has 0 saturated carbocycles. The quantitative estimate of drug-likeness (QED) is 0.414. The third kappa shape index (κ3) is 6.90. The fourth-order valence-corrected chi connectivity index (χ4v) is 0.453. The maximum absolute atomic E-state index is 9.46. The average Bonchev–Trinajstić information content (AvgIpc) is 2.11. The second kappa shape index (κ2) is 6.08. The van der Waals surface area contributed by atoms with Crippen LogP contribution in [-0.4, -0.2) is 15.5 Å². The highest BCUT2D eigenvalue weighted by Gasteiger charge is 1.84. The molecule has 0 atom stereocenters. The van der Waals surface area contributed by atoms with Gasteiger partial charge in [-0.2, -0.15) is 0 Å². The number of aromatic hydroxyl groups is 2. The molecule has 2 N–H and O–H groups in total. The zero-order chi connectivity index (χ0) is 10.3. The number of rotatable bonds is 1. The van der Waals surface area contributed by atoms with Crippen molar-refractivity contribution in [1.29, 1.82) is 0 Å². The van der Waals surface area contributed by atoms with Crippen molar-refractivity contribution in [2.45, 2.75) is 0 Å². The number of phenolic OH excluding ortho intramolecular Hbond substituents is 2. The van der Waals surface area contributed by atoms with Gasteiger partial charge in [-0.05, 0) is 41.9 Å². The van der Waals surface area contributed by atoms with Crippen LogP contribution in [0.5, 0.6) is 11.5 Å². The Labute approximate surface area is 80.9 Å². The maximum atomic E-state index is 9.46. The summed E-state index contributed by atoms with van der Waals surface area (Å²) in [5, 5.41) is 16.8. The van der Waals surface area contributed by atoms with Gasteiger partial charge in [0.25, 0.3) is 0 Å². The monoisotopic (exact) mass is 200 g/mol. The van der Waals surface area contributed by atoms with Gasteiger partial charge in [0.15, 0.2) is 0 Å². The van der Waals surface area contributed by atoms with Crippen LogP contribution in [0.2, 0.25) is 0 Å². The summed E-state index contributed by atoms with van der Waals surface area (Å²) in [6, 6.07) is 5.70. The molecule has 1 rings (SSSR count). The first-order chi connectivity index (χ1) is 6.06. The Kier molecular flexibility index (Phi) is 5.39. The van der Waals surface area contributed by atoms with Gasteiger partial charge < -0.3 is 10.2 Å². The van der Waals surface area contributed by atoms with Crippen LogP contribution in [0.3, 0.4) is 0 Å². The maximum Gasteiger partial charge on any atom is 0.244 e. The number of carbonyl (C=O) groups excluding carboxylic acids is 1. The van der Waals surface area contributed by atoms with Gasteiger partial charge in [-0.15, -0.1) is 0 Å². The van der Waals surface area contributed by atoms with Gasteiger partial charge in [0, 0.05) is 0 Å². The smallest absolute Gasteiger partial charge is 0.244 e. The van der Waals surface area contributed by atoms with Gasteiger partial charge in [-0.1, -0.05) is 6.58 Å². The largest absolute Gasteiger partial charge is 0.508 e. The van der Waals surface area contributed by atoms with Crippen LogP contribution in [0, 0.1) is 0 Å². The van der Waals surface area contributed by atoms with Crippen LogP contribution >= 0.6 is 11.6 Å². The van der Waals surface area contributed by atoms with Crippen molar-refractivity contribution in [3.63, 3.8) is 0 Å². The molecular weight excluding hydrogens is 192 g/mol. The van der Waals surface area contributed by atoms with Crippen molar-refractivity contribution in [2.24, 2.45) is 0 Å². The van der Waals surface area contributed by atoms with E-state index in [1.807, 2.05) is 0 Å². The van der Waals surface area contributed by atoms with Crippen LogP contribution in [0.25, 0.3) is 0 Å². The molecule has 0 bridgehead atoms. The van der Waals surface area contributed by atoms with Crippen molar-refractivity contribution >= 4 is 16.8 Å². The second-order valence-corrected chi connectivity index (χ2v) is 2.40. The Balaban J connectivity index is 0.000000252. The summed E-state index contributed by atoms with van der Waals surface area (Å²) in [5.41, 5.74) is 0. The molecule has 0 aliphatic carbocycles. The summed E-state index contributed by atoms with van der Waals surface area (Å²) in [5.74, 6) is 0.339. The van der Waals surface area contributed by atoms with E-state index in [2.05, 4.69) is 6.58 Å². The van der Waals surface area contributed by atoms with E-state index in [4.69, 9.17) is 21.8 Å². The second-order valence-electron chi connectivity index (χ2n) is 2.02. The van der Waals surface area contributed by atoms with E-state index in [9.17, 15) is 4.79 Å². The van der Waals surface area contributed by atoms with E-state index in [-0.39, 0.29) is 11.5 Å². The Morgan fingerprint density at radius 2 is 1.46 bits per heavy atom. The molecule has 0 spiro atoms. The number of allylic oxidation sites excluding steroid dienone is 1. The van der Waals surface area contributed by atoms with Crippen molar-refractivity contribution in [1.82, 2.24) is 0 Å². The van der Waals surface area contributed by atoms with E-state index in [0.717, 1.165) is 6.08 Å². The zero-order valence-corrected chi connectivity index (χ0v) is 7.53. The lowest BCUT2D eigenvalue weighted by atomic mass is 10.3. The molecule has 0 radical (unpaired) electrons. The Morgan fingerprint density at radius 3 is 1.62 bits per heavy atom. The summed E-state index contributed by atoms with van der Waals surface area (Å²) in [6.45, 7) is 3.08. The fraction of sp³-hybridized carbons (Fsp3) is 0. The Morgan fingerprint density at radius 1 is 1.23 bits per heavy atom. The number of carbonyl (C=O) groups is 1. The highest BCUT2D eigenvalue weighted by atomic mass is 35.5. The lowest BCUT2D eigenvalue weighted by molar-refractivity contribution is -0.107. The van der Waals surface area contributed by atoms with Crippen molar-refractivity contribution in [3.05, 3.63) is 36.9 Å². The summed E-state index contributed by atoms with van der Waals surface area (Å²) < 4.78 is 0. The molecule has 0 aromatic heterocycles. The van der Waals surface area contributed by atoms with Crippen LogP contribution in [0.4, 0.5) is 0 Å². The number of halogens is 1. The first-order valence-electron chi connectivity index (χ1n) is 3.36. The minimum atomic E-state index is -0.509. The van der Waals surface area contributed by atoms with Crippen LogP contribution in [0.15, 0.2) is 36.9 Å². The average molecular weight is 201 g/mol. The topological polar surface area (TPSA) is 57.5 Å². The third-order valence-corrected chi connectivity index (χ3v) is 1.16. The van der Waals surface area contributed by atoms with Crippen molar-refractivity contribution < 1.29 is 15.0 Å². The predicted molar refractivity (Wildman–Crippen MR) is 50.8 cm³/mol. The molecule has 0 unspecified atom stereocenters. The summed E-state index contributed by atoms with van der Waals surface area (Å²) in [6.07, 6.45) is 1.04. The lowest BCUT2D eigenvalue weighted by Gasteiger charge is -1.88. The minimum Gasteiger partial charge on any atom is -0.508 e. The van der Waals surface area contributed by atoms with Crippen molar-refractivity contribution in [3.8, 4) is 11.5 Å². The van der Waals surface area contributed by atoms with Gasteiger partial charge in [-0.25, -0.2) is 0 Å². The molecule has 13 heavy (non-hydrogen) atoms.